The highest BCUT2D eigenvalue weighted by atomic mass is 35.5. The van der Waals surface area contributed by atoms with Gasteiger partial charge >= 0.3 is 0 Å². The van der Waals surface area contributed by atoms with E-state index >= 15 is 0 Å². The van der Waals surface area contributed by atoms with Gasteiger partial charge in [-0.2, -0.15) is 0 Å². The van der Waals surface area contributed by atoms with Crippen LogP contribution in [0.4, 0.5) is 0 Å². The number of hydrogen-bond acceptors (Lipinski definition) is 3. The molecule has 1 atom stereocenters. The Bertz CT molecular complexity index is 328. The Kier molecular flexibility index (Phi) is 7.74. The van der Waals surface area contributed by atoms with Crippen molar-refractivity contribution in [3.63, 3.8) is 0 Å². The molecule has 0 spiro atoms. The fraction of sp³-hybridized carbons (Fsp3) is 0.900. The third kappa shape index (κ3) is 6.24. The normalized spacial score (nSPS) is 13.4. The second-order valence-electron chi connectivity index (χ2n) is 3.71. The Morgan fingerprint density at radius 3 is 2.29 bits per heavy atom. The molecule has 0 heterocycles. The van der Waals surface area contributed by atoms with E-state index < -0.39 is 16.1 Å². The molecule has 0 aromatic carbocycles. The van der Waals surface area contributed by atoms with Gasteiger partial charge in [0.1, 0.15) is 0 Å². The van der Waals surface area contributed by atoms with Crippen molar-refractivity contribution in [3.8, 4) is 0 Å². The lowest BCUT2D eigenvalue weighted by Crippen LogP contribution is -2.47. The molecule has 17 heavy (non-hydrogen) atoms. The summed E-state index contributed by atoms with van der Waals surface area (Å²) in [5.74, 6) is 0.0375. The topological polar surface area (TPSA) is 66.5 Å². The minimum absolute atomic E-state index is 0.0492. The molecular formula is C10H21ClN2O3S. The van der Waals surface area contributed by atoms with Crippen LogP contribution in [-0.2, 0) is 14.8 Å². The van der Waals surface area contributed by atoms with Crippen LogP contribution in [0.15, 0.2) is 0 Å². The minimum Gasteiger partial charge on any atom is -0.342 e. The molecule has 0 bridgehead atoms. The Hall–Kier alpha value is -0.330. The summed E-state index contributed by atoms with van der Waals surface area (Å²) >= 11 is 5.43. The first kappa shape index (κ1) is 16.7. The van der Waals surface area contributed by atoms with Crippen molar-refractivity contribution in [1.82, 2.24) is 9.62 Å². The van der Waals surface area contributed by atoms with Gasteiger partial charge in [0.05, 0.1) is 11.8 Å². The Balaban J connectivity index is 4.42. The van der Waals surface area contributed by atoms with Crippen LogP contribution in [0.5, 0.6) is 0 Å². The number of carbonyl (C=O) groups is 1. The summed E-state index contributed by atoms with van der Waals surface area (Å²) in [7, 11) is -3.42. The molecule has 0 rings (SSSR count). The molecule has 5 nitrogen and oxygen atoms in total. The molecule has 7 heteroatoms. The van der Waals surface area contributed by atoms with Gasteiger partial charge in [-0.3, -0.25) is 4.79 Å². The van der Waals surface area contributed by atoms with Gasteiger partial charge in [0.25, 0.3) is 0 Å². The average Bonchev–Trinajstić information content (AvgIpc) is 2.27. The lowest BCUT2D eigenvalue weighted by atomic mass is 10.3. The van der Waals surface area contributed by atoms with Crippen LogP contribution in [0, 0.1) is 0 Å². The maximum atomic E-state index is 11.8. The van der Waals surface area contributed by atoms with Crippen LogP contribution in [-0.4, -0.2) is 50.0 Å². The standard InChI is InChI=1S/C10H21ClN2O3S/c1-4-13(5-2)10(14)9(3)12-17(15,16)8-6-7-11/h9,12H,4-8H2,1-3H3. The van der Waals surface area contributed by atoms with Gasteiger partial charge in [0.2, 0.25) is 15.9 Å². The monoisotopic (exact) mass is 284 g/mol. The second kappa shape index (κ2) is 7.89. The van der Waals surface area contributed by atoms with E-state index in [2.05, 4.69) is 4.72 Å². The van der Waals surface area contributed by atoms with Crippen LogP contribution < -0.4 is 4.72 Å². The molecule has 0 saturated carbocycles. The number of amides is 1. The van der Waals surface area contributed by atoms with Crippen molar-refractivity contribution < 1.29 is 13.2 Å². The SMILES string of the molecule is CCN(CC)C(=O)C(C)NS(=O)(=O)CCCCl. The van der Waals surface area contributed by atoms with Gasteiger partial charge in [-0.05, 0) is 27.2 Å². The average molecular weight is 285 g/mol. The maximum Gasteiger partial charge on any atom is 0.240 e. The largest absolute Gasteiger partial charge is 0.342 e. The number of alkyl halides is 1. The first-order chi connectivity index (χ1) is 7.87. The van der Waals surface area contributed by atoms with Crippen molar-refractivity contribution in [2.75, 3.05) is 24.7 Å². The lowest BCUT2D eigenvalue weighted by molar-refractivity contribution is -0.132. The molecular weight excluding hydrogens is 264 g/mol. The summed E-state index contributed by atoms with van der Waals surface area (Å²) in [6, 6.07) is -0.727. The minimum atomic E-state index is -3.42. The van der Waals surface area contributed by atoms with Gasteiger partial charge in [-0.15, -0.1) is 11.6 Å². The molecule has 102 valence electrons. The number of sulfonamides is 1. The van der Waals surface area contributed by atoms with Crippen molar-refractivity contribution in [2.24, 2.45) is 0 Å². The fourth-order valence-electron chi connectivity index (χ4n) is 1.43. The number of halogens is 1. The van der Waals surface area contributed by atoms with E-state index in [0.717, 1.165) is 0 Å². The third-order valence-corrected chi connectivity index (χ3v) is 4.15. The quantitative estimate of drug-likeness (QED) is 0.670. The molecule has 0 aliphatic heterocycles. The molecule has 1 amide bonds. The highest BCUT2D eigenvalue weighted by molar-refractivity contribution is 7.89. The number of hydrogen-bond donors (Lipinski definition) is 1. The zero-order chi connectivity index (χ0) is 13.5. The van der Waals surface area contributed by atoms with E-state index in [0.29, 0.717) is 25.4 Å². The molecule has 0 saturated heterocycles. The summed E-state index contributed by atoms with van der Waals surface area (Å²) in [5.41, 5.74) is 0. The number of carbonyl (C=O) groups excluding carboxylic acids is 1. The van der Waals surface area contributed by atoms with E-state index in [4.69, 9.17) is 11.6 Å². The van der Waals surface area contributed by atoms with E-state index in [9.17, 15) is 13.2 Å². The van der Waals surface area contributed by atoms with Crippen LogP contribution in [0.1, 0.15) is 27.2 Å². The molecule has 0 radical (unpaired) electrons. The highest BCUT2D eigenvalue weighted by Gasteiger charge is 2.22. The van der Waals surface area contributed by atoms with Crippen LogP contribution in [0.25, 0.3) is 0 Å². The van der Waals surface area contributed by atoms with E-state index in [1.54, 1.807) is 11.8 Å². The Labute approximate surface area is 109 Å². The van der Waals surface area contributed by atoms with Gasteiger partial charge in [-0.1, -0.05) is 0 Å². The molecule has 0 fully saturated rings. The Morgan fingerprint density at radius 2 is 1.88 bits per heavy atom. The van der Waals surface area contributed by atoms with Crippen molar-refractivity contribution in [2.45, 2.75) is 33.2 Å². The summed E-state index contributed by atoms with van der Waals surface area (Å²) < 4.78 is 25.5. The molecule has 1 unspecified atom stereocenters. The molecule has 0 aliphatic rings. The van der Waals surface area contributed by atoms with Gasteiger partial charge in [-0.25, -0.2) is 13.1 Å². The first-order valence-corrected chi connectivity index (χ1v) is 7.91. The molecule has 0 aliphatic carbocycles. The van der Waals surface area contributed by atoms with Gasteiger partial charge in [0.15, 0.2) is 0 Å². The van der Waals surface area contributed by atoms with Crippen LogP contribution in [0.3, 0.4) is 0 Å². The maximum absolute atomic E-state index is 11.8. The lowest BCUT2D eigenvalue weighted by Gasteiger charge is -2.23. The predicted octanol–water partition coefficient (Wildman–Crippen LogP) is 0.792. The number of nitrogens with zero attached hydrogens (tertiary/aromatic N) is 1. The second-order valence-corrected chi connectivity index (χ2v) is 5.96. The van der Waals surface area contributed by atoms with Crippen LogP contribution in [0.2, 0.25) is 0 Å². The fourth-order valence-corrected chi connectivity index (χ4v) is 3.01. The van der Waals surface area contributed by atoms with E-state index in [1.165, 1.54) is 0 Å². The summed E-state index contributed by atoms with van der Waals surface area (Å²) in [4.78, 5) is 13.4. The van der Waals surface area contributed by atoms with Crippen molar-refractivity contribution in [3.05, 3.63) is 0 Å². The molecule has 0 aromatic rings. The smallest absolute Gasteiger partial charge is 0.240 e. The number of rotatable bonds is 8. The van der Waals surface area contributed by atoms with E-state index in [1.807, 2.05) is 13.8 Å². The predicted molar refractivity (Wildman–Crippen MR) is 69.6 cm³/mol. The number of nitrogens with one attached hydrogen (secondary N) is 1. The zero-order valence-electron chi connectivity index (χ0n) is 10.6. The van der Waals surface area contributed by atoms with Crippen molar-refractivity contribution >= 4 is 27.5 Å². The molecule has 0 aromatic heterocycles. The summed E-state index contributed by atoms with van der Waals surface area (Å²) in [6.45, 7) is 6.41. The zero-order valence-corrected chi connectivity index (χ0v) is 12.1. The third-order valence-electron chi connectivity index (χ3n) is 2.35. The summed E-state index contributed by atoms with van der Waals surface area (Å²) in [5, 5.41) is 0. The van der Waals surface area contributed by atoms with Gasteiger partial charge < -0.3 is 4.90 Å². The number of likely N-dealkylation sites (N-methyl/N-ethyl adjacent to an activating group) is 1. The summed E-state index contributed by atoms with van der Waals surface area (Å²) in [6.07, 6.45) is 0.378. The first-order valence-electron chi connectivity index (χ1n) is 5.72. The van der Waals surface area contributed by atoms with Crippen LogP contribution >= 0.6 is 11.6 Å². The van der Waals surface area contributed by atoms with Crippen molar-refractivity contribution in [1.29, 1.82) is 0 Å². The van der Waals surface area contributed by atoms with E-state index in [-0.39, 0.29) is 11.7 Å². The molecule has 1 N–H and O–H groups in total. The highest BCUT2D eigenvalue weighted by Crippen LogP contribution is 1.99. The Morgan fingerprint density at radius 1 is 1.35 bits per heavy atom. The van der Waals surface area contributed by atoms with Gasteiger partial charge in [0, 0.05) is 19.0 Å².